The van der Waals surface area contributed by atoms with Crippen molar-refractivity contribution in [1.29, 1.82) is 0 Å². The summed E-state index contributed by atoms with van der Waals surface area (Å²) in [4.78, 5) is 12.0. The zero-order chi connectivity index (χ0) is 22.5. The molecule has 0 saturated heterocycles. The van der Waals surface area contributed by atoms with Crippen LogP contribution in [0.1, 0.15) is 110 Å². The van der Waals surface area contributed by atoms with Gasteiger partial charge in [0.15, 0.2) is 5.78 Å². The van der Waals surface area contributed by atoms with Gasteiger partial charge in [-0.2, -0.15) is 0 Å². The molecule has 0 spiro atoms. The summed E-state index contributed by atoms with van der Waals surface area (Å²) in [6, 6.07) is 0. The van der Waals surface area contributed by atoms with Gasteiger partial charge in [0, 0.05) is 13.5 Å². The minimum atomic E-state index is 0.0979. The van der Waals surface area contributed by atoms with E-state index in [0.717, 1.165) is 30.3 Å². The summed E-state index contributed by atoms with van der Waals surface area (Å²) in [5, 5.41) is 0. The summed E-state index contributed by atoms with van der Waals surface area (Å²) in [6.45, 7) is 4.17. The molecule has 0 heterocycles. The van der Waals surface area contributed by atoms with Crippen LogP contribution in [-0.4, -0.2) is 64.4 Å². The second-order valence-corrected chi connectivity index (χ2v) is 10.1. The van der Waals surface area contributed by atoms with Crippen LogP contribution in [0.4, 0.5) is 0 Å². The third-order valence-electron chi connectivity index (χ3n) is 5.81. The lowest BCUT2D eigenvalue weighted by Crippen LogP contribution is -2.36. The normalized spacial score (nSPS) is 13.0. The smallest absolute Gasteiger partial charge is 0.158 e. The van der Waals surface area contributed by atoms with E-state index >= 15 is 0 Å². The van der Waals surface area contributed by atoms with Crippen molar-refractivity contribution in [3.8, 4) is 0 Å². The molecule has 0 aromatic rings. The van der Waals surface area contributed by atoms with Crippen molar-refractivity contribution >= 4 is 5.78 Å². The average Bonchev–Trinajstić information content (AvgIpc) is 2.69. The third kappa shape index (κ3) is 22.2. The van der Waals surface area contributed by atoms with Crippen molar-refractivity contribution in [1.82, 2.24) is 0 Å². The molecule has 0 aromatic heterocycles. The molecule has 1 atom stereocenters. The molecule has 180 valence electrons. The van der Waals surface area contributed by atoms with E-state index in [1.54, 1.807) is 7.11 Å². The zero-order valence-electron chi connectivity index (χ0n) is 21.2. The molecule has 1 unspecified atom stereocenters. The molecule has 0 fully saturated rings. The Morgan fingerprint density at radius 1 is 0.767 bits per heavy atom. The molecule has 0 aliphatic carbocycles. The van der Waals surface area contributed by atoms with Crippen molar-refractivity contribution in [2.24, 2.45) is 0 Å². The molecule has 0 radical (unpaired) electrons. The molecule has 0 amide bonds. The molecular weight excluding hydrogens is 374 g/mol. The van der Waals surface area contributed by atoms with Gasteiger partial charge in [0.1, 0.15) is 6.61 Å². The molecule has 30 heavy (non-hydrogen) atoms. The quantitative estimate of drug-likeness (QED) is 0.137. The fraction of sp³-hybridized carbons (Fsp3) is 0.962. The predicted molar refractivity (Wildman–Crippen MR) is 129 cm³/mol. The number of rotatable bonds is 23. The summed E-state index contributed by atoms with van der Waals surface area (Å²) in [7, 11) is 8.34. The summed E-state index contributed by atoms with van der Waals surface area (Å²) in [6.07, 6.45) is 20.2. The van der Waals surface area contributed by atoms with Crippen LogP contribution in [0, 0.1) is 0 Å². The van der Waals surface area contributed by atoms with Crippen LogP contribution < -0.4 is 0 Å². The first-order valence-electron chi connectivity index (χ1n) is 12.8. The second-order valence-electron chi connectivity index (χ2n) is 10.1. The number of methoxy groups -OCH3 is 1. The van der Waals surface area contributed by atoms with E-state index in [2.05, 4.69) is 28.1 Å². The van der Waals surface area contributed by atoms with Gasteiger partial charge in [0.2, 0.25) is 0 Å². The minimum absolute atomic E-state index is 0.0979. The van der Waals surface area contributed by atoms with Crippen molar-refractivity contribution in [3.05, 3.63) is 0 Å². The molecule has 0 aliphatic heterocycles. The van der Waals surface area contributed by atoms with Gasteiger partial charge in [-0.05, 0) is 19.3 Å². The summed E-state index contributed by atoms with van der Waals surface area (Å²) < 4.78 is 12.1. The van der Waals surface area contributed by atoms with Crippen molar-refractivity contribution < 1.29 is 18.8 Å². The number of carbonyl (C=O) groups is 1. The number of quaternary nitrogens is 1. The van der Waals surface area contributed by atoms with Gasteiger partial charge in [-0.3, -0.25) is 4.79 Å². The van der Waals surface area contributed by atoms with Gasteiger partial charge >= 0.3 is 0 Å². The molecular formula is C26H54NO3+. The highest BCUT2D eigenvalue weighted by Gasteiger charge is 2.12. The number of carbonyl (C=O) groups excluding carboxylic acids is 1. The van der Waals surface area contributed by atoms with E-state index in [1.165, 1.54) is 77.0 Å². The average molecular weight is 429 g/mol. The standard InChI is InChI=1S/C26H54NO3/c1-6-7-8-9-10-11-12-13-14-15-16-17-18-20-25(28)23-30-24-26(29-5)21-19-22-27(2,3)4/h26H,6-24H2,1-5H3/q+1. The third-order valence-corrected chi connectivity index (χ3v) is 5.81. The molecule has 0 saturated carbocycles. The lowest BCUT2D eigenvalue weighted by molar-refractivity contribution is -0.870. The predicted octanol–water partition coefficient (Wildman–Crippen LogP) is 6.55. The zero-order valence-corrected chi connectivity index (χ0v) is 21.2. The number of hydrogen-bond donors (Lipinski definition) is 0. The van der Waals surface area contributed by atoms with Gasteiger partial charge < -0.3 is 14.0 Å². The number of unbranched alkanes of at least 4 members (excludes halogenated alkanes) is 12. The maximum absolute atomic E-state index is 12.0. The Balaban J connectivity index is 3.42. The van der Waals surface area contributed by atoms with Crippen LogP contribution in [0.15, 0.2) is 0 Å². The Morgan fingerprint density at radius 3 is 1.73 bits per heavy atom. The highest BCUT2D eigenvalue weighted by molar-refractivity contribution is 5.79. The van der Waals surface area contributed by atoms with Crippen LogP contribution in [0.5, 0.6) is 0 Å². The highest BCUT2D eigenvalue weighted by atomic mass is 16.5. The van der Waals surface area contributed by atoms with Crippen LogP contribution >= 0.6 is 0 Å². The minimum Gasteiger partial charge on any atom is -0.379 e. The maximum atomic E-state index is 12.0. The molecule has 0 aliphatic rings. The van der Waals surface area contributed by atoms with Crippen LogP contribution in [0.2, 0.25) is 0 Å². The van der Waals surface area contributed by atoms with Crippen LogP contribution in [-0.2, 0) is 14.3 Å². The van der Waals surface area contributed by atoms with E-state index in [0.29, 0.717) is 13.0 Å². The number of nitrogens with zero attached hydrogens (tertiary/aromatic N) is 1. The molecule has 0 rings (SSSR count). The summed E-state index contributed by atoms with van der Waals surface area (Å²) in [5.41, 5.74) is 0. The lowest BCUT2D eigenvalue weighted by Gasteiger charge is -2.24. The van der Waals surface area contributed by atoms with Gasteiger partial charge in [-0.15, -0.1) is 0 Å². The van der Waals surface area contributed by atoms with E-state index in [9.17, 15) is 4.79 Å². The lowest BCUT2D eigenvalue weighted by atomic mass is 10.0. The largest absolute Gasteiger partial charge is 0.379 e. The molecule has 0 bridgehead atoms. The SMILES string of the molecule is CCCCCCCCCCCCCCCC(=O)COCC(CCC[N+](C)(C)C)OC. The molecule has 4 nitrogen and oxygen atoms in total. The molecule has 4 heteroatoms. The molecule has 0 N–H and O–H groups in total. The van der Waals surface area contributed by atoms with Crippen LogP contribution in [0.25, 0.3) is 0 Å². The highest BCUT2D eigenvalue weighted by Crippen LogP contribution is 2.13. The maximum Gasteiger partial charge on any atom is 0.158 e. The topological polar surface area (TPSA) is 35.5 Å². The Hall–Kier alpha value is -0.450. The number of ketones is 1. The van der Waals surface area contributed by atoms with Crippen molar-refractivity contribution in [2.75, 3.05) is 48.0 Å². The van der Waals surface area contributed by atoms with Gasteiger partial charge in [0.05, 0.1) is 40.4 Å². The Kier molecular flexibility index (Phi) is 20.1. The Bertz CT molecular complexity index is 379. The fourth-order valence-electron chi connectivity index (χ4n) is 3.78. The van der Waals surface area contributed by atoms with Crippen molar-refractivity contribution in [2.45, 2.75) is 116 Å². The van der Waals surface area contributed by atoms with Gasteiger partial charge in [-0.1, -0.05) is 84.0 Å². The van der Waals surface area contributed by atoms with Gasteiger partial charge in [0.25, 0.3) is 0 Å². The van der Waals surface area contributed by atoms with Crippen LogP contribution in [0.3, 0.4) is 0 Å². The molecule has 0 aromatic carbocycles. The first-order chi connectivity index (χ1) is 14.4. The number of hydrogen-bond acceptors (Lipinski definition) is 3. The summed E-state index contributed by atoms with van der Waals surface area (Å²) in [5.74, 6) is 0.235. The monoisotopic (exact) mass is 428 g/mol. The first-order valence-corrected chi connectivity index (χ1v) is 12.8. The Morgan fingerprint density at radius 2 is 1.27 bits per heavy atom. The number of ether oxygens (including phenoxy) is 2. The second kappa shape index (κ2) is 20.5. The fourth-order valence-corrected chi connectivity index (χ4v) is 3.78. The van der Waals surface area contributed by atoms with E-state index in [4.69, 9.17) is 9.47 Å². The van der Waals surface area contributed by atoms with E-state index < -0.39 is 0 Å². The van der Waals surface area contributed by atoms with Crippen molar-refractivity contribution in [3.63, 3.8) is 0 Å². The van der Waals surface area contributed by atoms with E-state index in [-0.39, 0.29) is 18.5 Å². The Labute approximate surface area is 188 Å². The summed E-state index contributed by atoms with van der Waals surface area (Å²) >= 11 is 0. The van der Waals surface area contributed by atoms with Gasteiger partial charge in [-0.25, -0.2) is 0 Å². The first kappa shape index (κ1) is 29.5. The van der Waals surface area contributed by atoms with E-state index in [1.807, 2.05) is 0 Å². The number of Topliss-reactive ketones (excluding diaryl/α,β-unsaturated/α-hetero) is 1.